The predicted octanol–water partition coefficient (Wildman–Crippen LogP) is 5.13. The third-order valence-electron chi connectivity index (χ3n) is 4.82. The minimum absolute atomic E-state index is 0.613. The summed E-state index contributed by atoms with van der Waals surface area (Å²) in [6.07, 6.45) is 8.31. The SMILES string of the molecule is CN(c1ncnc2sc(-c3ccccc3)cc12)C1CCCCC1. The molecule has 23 heavy (non-hydrogen) atoms. The van der Waals surface area contributed by atoms with E-state index in [2.05, 4.69) is 58.3 Å². The van der Waals surface area contributed by atoms with Gasteiger partial charge in [0.05, 0.1) is 5.39 Å². The molecule has 0 spiro atoms. The van der Waals surface area contributed by atoms with Crippen LogP contribution in [0.25, 0.3) is 20.7 Å². The summed E-state index contributed by atoms with van der Waals surface area (Å²) in [5.74, 6) is 1.08. The van der Waals surface area contributed by atoms with Gasteiger partial charge in [-0.25, -0.2) is 9.97 Å². The third kappa shape index (κ3) is 2.83. The van der Waals surface area contributed by atoms with E-state index in [-0.39, 0.29) is 0 Å². The number of hydrogen-bond donors (Lipinski definition) is 0. The Labute approximate surface area is 141 Å². The molecule has 0 saturated heterocycles. The Bertz CT molecular complexity index is 791. The lowest BCUT2D eigenvalue weighted by Gasteiger charge is -2.32. The molecule has 118 valence electrons. The molecule has 2 heterocycles. The summed E-state index contributed by atoms with van der Waals surface area (Å²) in [4.78, 5) is 13.8. The van der Waals surface area contributed by atoms with Gasteiger partial charge < -0.3 is 4.90 Å². The molecule has 0 bridgehead atoms. The molecule has 4 rings (SSSR count). The van der Waals surface area contributed by atoms with Crippen LogP contribution in [0.1, 0.15) is 32.1 Å². The minimum atomic E-state index is 0.613. The van der Waals surface area contributed by atoms with E-state index in [9.17, 15) is 0 Å². The molecule has 4 heteroatoms. The summed E-state index contributed by atoms with van der Waals surface area (Å²) >= 11 is 1.75. The Morgan fingerprint density at radius 2 is 1.83 bits per heavy atom. The first-order valence-corrected chi connectivity index (χ1v) is 9.17. The zero-order chi connectivity index (χ0) is 15.6. The Morgan fingerprint density at radius 3 is 2.61 bits per heavy atom. The monoisotopic (exact) mass is 323 g/mol. The molecule has 0 atom stereocenters. The molecule has 2 aromatic heterocycles. The maximum absolute atomic E-state index is 4.61. The average molecular weight is 323 g/mol. The van der Waals surface area contributed by atoms with Crippen LogP contribution in [0.5, 0.6) is 0 Å². The number of nitrogens with zero attached hydrogens (tertiary/aromatic N) is 3. The van der Waals surface area contributed by atoms with Gasteiger partial charge in [-0.3, -0.25) is 0 Å². The molecule has 1 aliphatic rings. The van der Waals surface area contributed by atoms with E-state index in [1.807, 2.05) is 0 Å². The maximum atomic E-state index is 4.61. The second kappa shape index (κ2) is 6.28. The smallest absolute Gasteiger partial charge is 0.140 e. The fourth-order valence-corrected chi connectivity index (χ4v) is 4.51. The summed E-state index contributed by atoms with van der Waals surface area (Å²) < 4.78 is 0. The molecule has 0 aliphatic heterocycles. The van der Waals surface area contributed by atoms with Gasteiger partial charge in [-0.15, -0.1) is 11.3 Å². The summed E-state index contributed by atoms with van der Waals surface area (Å²) in [5, 5.41) is 1.18. The first-order chi connectivity index (χ1) is 11.3. The summed E-state index contributed by atoms with van der Waals surface area (Å²) in [6.45, 7) is 0. The molecular formula is C19H21N3S. The molecule has 0 amide bonds. The van der Waals surface area contributed by atoms with Crippen molar-refractivity contribution in [3.8, 4) is 10.4 Å². The fourth-order valence-electron chi connectivity index (χ4n) is 3.51. The van der Waals surface area contributed by atoms with Crippen LogP contribution >= 0.6 is 11.3 Å². The van der Waals surface area contributed by atoms with E-state index in [4.69, 9.17) is 0 Å². The first kappa shape index (κ1) is 14.6. The van der Waals surface area contributed by atoms with Crippen LogP contribution < -0.4 is 4.90 Å². The van der Waals surface area contributed by atoms with Crippen molar-refractivity contribution in [2.45, 2.75) is 38.1 Å². The fraction of sp³-hybridized carbons (Fsp3) is 0.368. The van der Waals surface area contributed by atoms with Crippen LogP contribution in [0.2, 0.25) is 0 Å². The zero-order valence-corrected chi connectivity index (χ0v) is 14.2. The van der Waals surface area contributed by atoms with Crippen LogP contribution in [-0.4, -0.2) is 23.1 Å². The van der Waals surface area contributed by atoms with Gasteiger partial charge in [0.1, 0.15) is 17.0 Å². The highest BCUT2D eigenvalue weighted by molar-refractivity contribution is 7.21. The number of thiophene rings is 1. The Balaban J connectivity index is 1.74. The van der Waals surface area contributed by atoms with Crippen LogP contribution in [0.15, 0.2) is 42.7 Å². The lowest BCUT2D eigenvalue weighted by Crippen LogP contribution is -2.34. The molecule has 1 saturated carbocycles. The lowest BCUT2D eigenvalue weighted by atomic mass is 9.94. The van der Waals surface area contributed by atoms with Gasteiger partial charge in [0.15, 0.2) is 0 Å². The maximum Gasteiger partial charge on any atom is 0.140 e. The molecule has 3 aromatic rings. The van der Waals surface area contributed by atoms with E-state index < -0.39 is 0 Å². The van der Waals surface area contributed by atoms with E-state index >= 15 is 0 Å². The molecule has 1 fully saturated rings. The number of anilines is 1. The third-order valence-corrected chi connectivity index (χ3v) is 5.92. The van der Waals surface area contributed by atoms with Gasteiger partial charge >= 0.3 is 0 Å². The second-order valence-corrected chi connectivity index (χ2v) is 7.33. The number of fused-ring (bicyclic) bond motifs is 1. The van der Waals surface area contributed by atoms with E-state index in [0.717, 1.165) is 10.6 Å². The molecule has 0 radical (unpaired) electrons. The van der Waals surface area contributed by atoms with Crippen molar-refractivity contribution < 1.29 is 0 Å². The normalized spacial score (nSPS) is 15.9. The van der Waals surface area contributed by atoms with Crippen molar-refractivity contribution in [3.63, 3.8) is 0 Å². The van der Waals surface area contributed by atoms with Crippen LogP contribution in [-0.2, 0) is 0 Å². The van der Waals surface area contributed by atoms with Gasteiger partial charge in [-0.1, -0.05) is 49.6 Å². The number of rotatable bonds is 3. The number of hydrogen-bond acceptors (Lipinski definition) is 4. The van der Waals surface area contributed by atoms with Crippen LogP contribution in [0.3, 0.4) is 0 Å². The summed E-state index contributed by atoms with van der Waals surface area (Å²) in [7, 11) is 2.19. The highest BCUT2D eigenvalue weighted by atomic mass is 32.1. The van der Waals surface area contributed by atoms with Crippen molar-refractivity contribution in [1.82, 2.24) is 9.97 Å². The standard InChI is InChI=1S/C19H21N3S/c1-22(15-10-6-3-7-11-15)18-16-12-17(14-8-4-2-5-9-14)23-19(16)21-13-20-18/h2,4-5,8-9,12-13,15H,3,6-7,10-11H2,1H3. The quantitative estimate of drug-likeness (QED) is 0.669. The van der Waals surface area contributed by atoms with Crippen molar-refractivity contribution in [2.24, 2.45) is 0 Å². The van der Waals surface area contributed by atoms with Crippen LogP contribution in [0.4, 0.5) is 5.82 Å². The molecule has 1 aromatic carbocycles. The Hall–Kier alpha value is -1.94. The molecule has 3 nitrogen and oxygen atoms in total. The van der Waals surface area contributed by atoms with E-state index in [0.29, 0.717) is 6.04 Å². The van der Waals surface area contributed by atoms with Gasteiger partial charge in [0.25, 0.3) is 0 Å². The van der Waals surface area contributed by atoms with Gasteiger partial charge in [0, 0.05) is 18.0 Å². The summed E-state index contributed by atoms with van der Waals surface area (Å²) in [5.41, 5.74) is 1.25. The zero-order valence-electron chi connectivity index (χ0n) is 13.4. The largest absolute Gasteiger partial charge is 0.356 e. The number of benzene rings is 1. The van der Waals surface area contributed by atoms with Gasteiger partial charge in [-0.2, -0.15) is 0 Å². The van der Waals surface area contributed by atoms with Gasteiger partial charge in [0.2, 0.25) is 0 Å². The van der Waals surface area contributed by atoms with Crippen molar-refractivity contribution in [1.29, 1.82) is 0 Å². The van der Waals surface area contributed by atoms with E-state index in [1.54, 1.807) is 17.7 Å². The molecule has 0 unspecified atom stereocenters. The topological polar surface area (TPSA) is 29.0 Å². The van der Waals surface area contributed by atoms with Gasteiger partial charge in [-0.05, 0) is 24.5 Å². The Morgan fingerprint density at radius 1 is 1.04 bits per heavy atom. The highest BCUT2D eigenvalue weighted by Crippen LogP contribution is 2.37. The Kier molecular flexibility index (Phi) is 4.00. The number of aromatic nitrogens is 2. The van der Waals surface area contributed by atoms with Crippen molar-refractivity contribution >= 4 is 27.4 Å². The predicted molar refractivity (Wildman–Crippen MR) is 98.1 cm³/mol. The molecule has 1 aliphatic carbocycles. The molecular weight excluding hydrogens is 302 g/mol. The lowest BCUT2D eigenvalue weighted by molar-refractivity contribution is 0.426. The van der Waals surface area contributed by atoms with Crippen LogP contribution in [0, 0.1) is 0 Å². The first-order valence-electron chi connectivity index (χ1n) is 8.36. The minimum Gasteiger partial charge on any atom is -0.356 e. The van der Waals surface area contributed by atoms with E-state index in [1.165, 1.54) is 47.9 Å². The molecule has 0 N–H and O–H groups in total. The van der Waals surface area contributed by atoms with Crippen molar-refractivity contribution in [3.05, 3.63) is 42.7 Å². The summed E-state index contributed by atoms with van der Waals surface area (Å²) in [6, 6.07) is 13.4. The second-order valence-electron chi connectivity index (χ2n) is 6.30. The van der Waals surface area contributed by atoms with Crippen molar-refractivity contribution in [2.75, 3.05) is 11.9 Å². The highest BCUT2D eigenvalue weighted by Gasteiger charge is 2.21. The average Bonchev–Trinajstić information content (AvgIpc) is 3.07.